The van der Waals surface area contributed by atoms with Gasteiger partial charge in [-0.25, -0.2) is 0 Å². The molecule has 0 saturated carbocycles. The smallest absolute Gasteiger partial charge is 0.416 e. The van der Waals surface area contributed by atoms with Crippen molar-refractivity contribution in [2.24, 2.45) is 0 Å². The summed E-state index contributed by atoms with van der Waals surface area (Å²) in [5.74, 6) is 0.748. The fraction of sp³-hybridized carbons (Fsp3) is 0.263. The van der Waals surface area contributed by atoms with E-state index in [-0.39, 0.29) is 11.8 Å². The lowest BCUT2D eigenvalue weighted by Gasteiger charge is -2.38. The molecule has 25 heavy (non-hydrogen) atoms. The van der Waals surface area contributed by atoms with Crippen molar-refractivity contribution in [1.82, 2.24) is 0 Å². The monoisotopic (exact) mass is 347 g/mol. The summed E-state index contributed by atoms with van der Waals surface area (Å²) in [5, 5.41) is 0. The Labute approximate surface area is 143 Å². The molecule has 6 heteroatoms. The number of halogens is 3. The average Bonchev–Trinajstić information content (AvgIpc) is 2.59. The van der Waals surface area contributed by atoms with Crippen LogP contribution in [0.1, 0.15) is 11.1 Å². The Morgan fingerprint density at radius 3 is 2.44 bits per heavy atom. The third-order valence-electron chi connectivity index (χ3n) is 4.33. The molecule has 2 heterocycles. The first-order valence-electron chi connectivity index (χ1n) is 7.97. The summed E-state index contributed by atoms with van der Waals surface area (Å²) in [7, 11) is 0. The van der Waals surface area contributed by atoms with E-state index in [0.717, 1.165) is 23.4 Å². The van der Waals surface area contributed by atoms with Gasteiger partial charge in [0, 0.05) is 0 Å². The van der Waals surface area contributed by atoms with Crippen molar-refractivity contribution >= 4 is 11.4 Å². The minimum absolute atomic E-state index is 0.102. The fourth-order valence-corrected chi connectivity index (χ4v) is 3.16. The topological polar surface area (TPSA) is 21.7 Å². The van der Waals surface area contributed by atoms with Crippen molar-refractivity contribution < 1.29 is 22.6 Å². The largest absolute Gasteiger partial charge is 0.453 e. The molecule has 2 aromatic carbocycles. The first-order valence-corrected chi connectivity index (χ1v) is 7.97. The van der Waals surface area contributed by atoms with Crippen LogP contribution in [0.15, 0.2) is 48.6 Å². The van der Waals surface area contributed by atoms with E-state index in [1.807, 2.05) is 42.2 Å². The van der Waals surface area contributed by atoms with Gasteiger partial charge in [0.1, 0.15) is 0 Å². The van der Waals surface area contributed by atoms with Gasteiger partial charge in [-0.1, -0.05) is 18.2 Å². The summed E-state index contributed by atoms with van der Waals surface area (Å²) in [6.07, 6.45) is -0.481. The maximum atomic E-state index is 13.1. The molecule has 1 atom stereocenters. The Balaban J connectivity index is 1.86. The number of aryl methyl sites for hydroxylation is 1. The second kappa shape index (κ2) is 5.81. The number of alkyl halides is 3. The van der Waals surface area contributed by atoms with Gasteiger partial charge in [-0.3, -0.25) is 0 Å². The molecular formula is C19H16F3NO2. The Hall–Kier alpha value is -2.47. The Bertz CT molecular complexity index is 845. The van der Waals surface area contributed by atoms with Crippen LogP contribution < -0.4 is 9.64 Å². The van der Waals surface area contributed by atoms with Crippen LogP contribution in [0, 0.1) is 6.92 Å². The molecule has 4 rings (SSSR count). The zero-order valence-electron chi connectivity index (χ0n) is 13.5. The van der Waals surface area contributed by atoms with Crippen molar-refractivity contribution in [3.8, 4) is 11.5 Å². The maximum absolute atomic E-state index is 13.1. The zero-order chi connectivity index (χ0) is 17.6. The molecule has 3 nitrogen and oxygen atoms in total. The molecular weight excluding hydrogens is 331 g/mol. The van der Waals surface area contributed by atoms with Crippen LogP contribution in [0.25, 0.3) is 0 Å². The van der Waals surface area contributed by atoms with Crippen LogP contribution in [-0.2, 0) is 10.9 Å². The lowest BCUT2D eigenvalue weighted by Crippen LogP contribution is -2.37. The highest BCUT2D eigenvalue weighted by atomic mass is 19.4. The maximum Gasteiger partial charge on any atom is 0.416 e. The molecule has 0 N–H and O–H groups in total. The number of hydrogen-bond donors (Lipinski definition) is 0. The molecule has 0 radical (unpaired) electrons. The first kappa shape index (κ1) is 16.0. The fourth-order valence-electron chi connectivity index (χ4n) is 3.16. The minimum Gasteiger partial charge on any atom is -0.453 e. The number of anilines is 2. The molecule has 0 amide bonds. The van der Waals surface area contributed by atoms with Gasteiger partial charge in [0.2, 0.25) is 0 Å². The van der Waals surface area contributed by atoms with Gasteiger partial charge in [-0.2, -0.15) is 13.2 Å². The van der Waals surface area contributed by atoms with Crippen LogP contribution in [-0.4, -0.2) is 19.3 Å². The first-order chi connectivity index (χ1) is 11.9. The second-order valence-electron chi connectivity index (χ2n) is 6.16. The molecule has 0 saturated heterocycles. The number of nitrogens with zero attached hydrogens (tertiary/aromatic N) is 1. The molecule has 0 spiro atoms. The van der Waals surface area contributed by atoms with Crippen LogP contribution >= 0.6 is 0 Å². The van der Waals surface area contributed by atoms with Gasteiger partial charge in [0.25, 0.3) is 0 Å². The highest BCUT2D eigenvalue weighted by Gasteiger charge is 2.35. The molecule has 2 aliphatic rings. The number of ether oxygens (including phenoxy) is 2. The van der Waals surface area contributed by atoms with Gasteiger partial charge < -0.3 is 14.4 Å². The van der Waals surface area contributed by atoms with Crippen molar-refractivity contribution in [3.63, 3.8) is 0 Å². The summed E-state index contributed by atoms with van der Waals surface area (Å²) < 4.78 is 50.5. The van der Waals surface area contributed by atoms with E-state index in [9.17, 15) is 13.2 Å². The Kier molecular flexibility index (Phi) is 3.72. The lowest BCUT2D eigenvalue weighted by atomic mass is 10.0. The molecule has 130 valence electrons. The van der Waals surface area contributed by atoms with E-state index in [4.69, 9.17) is 9.47 Å². The minimum atomic E-state index is -4.41. The van der Waals surface area contributed by atoms with Crippen molar-refractivity contribution in [2.45, 2.75) is 19.1 Å². The van der Waals surface area contributed by atoms with Gasteiger partial charge in [-0.15, -0.1) is 0 Å². The summed E-state index contributed by atoms with van der Waals surface area (Å²) in [6, 6.07) is 9.21. The molecule has 0 aromatic heterocycles. The van der Waals surface area contributed by atoms with Gasteiger partial charge >= 0.3 is 6.18 Å². The third-order valence-corrected chi connectivity index (χ3v) is 4.33. The van der Waals surface area contributed by atoms with Gasteiger partial charge in [0.05, 0.1) is 36.2 Å². The van der Waals surface area contributed by atoms with Crippen molar-refractivity contribution in [2.75, 3.05) is 18.1 Å². The Morgan fingerprint density at radius 1 is 1.04 bits per heavy atom. The van der Waals surface area contributed by atoms with Crippen LogP contribution in [0.3, 0.4) is 0 Å². The second-order valence-corrected chi connectivity index (χ2v) is 6.16. The van der Waals surface area contributed by atoms with Crippen molar-refractivity contribution in [1.29, 1.82) is 0 Å². The van der Waals surface area contributed by atoms with E-state index in [1.54, 1.807) is 0 Å². The third kappa shape index (κ3) is 2.87. The summed E-state index contributed by atoms with van der Waals surface area (Å²) >= 11 is 0. The Morgan fingerprint density at radius 2 is 1.76 bits per heavy atom. The van der Waals surface area contributed by atoms with Gasteiger partial charge in [-0.05, 0) is 42.8 Å². The van der Waals surface area contributed by atoms with Crippen LogP contribution in [0.5, 0.6) is 11.5 Å². The van der Waals surface area contributed by atoms with E-state index in [2.05, 4.69) is 0 Å². The van der Waals surface area contributed by atoms with E-state index in [0.29, 0.717) is 24.7 Å². The highest BCUT2D eigenvalue weighted by Crippen LogP contribution is 2.49. The quantitative estimate of drug-likeness (QED) is 0.661. The van der Waals surface area contributed by atoms with Gasteiger partial charge in [0.15, 0.2) is 11.5 Å². The number of fused-ring (bicyclic) bond motifs is 2. The number of rotatable bonds is 1. The highest BCUT2D eigenvalue weighted by molar-refractivity contribution is 5.79. The van der Waals surface area contributed by atoms with E-state index in [1.165, 1.54) is 6.07 Å². The normalized spacial score (nSPS) is 19.2. The number of hydrogen-bond acceptors (Lipinski definition) is 3. The van der Waals surface area contributed by atoms with E-state index >= 15 is 0 Å². The van der Waals surface area contributed by atoms with E-state index < -0.39 is 11.7 Å². The standard InChI is InChI=1S/C19H16F3NO2/c1-12-4-6-15-17(9-12)25-18-10-13(19(20,21)22)5-7-16(18)23(15)14-3-2-8-24-11-14/h2-7,9-10,14H,8,11H2,1H3/t14-/m1/s1. The molecule has 0 aliphatic carbocycles. The SMILES string of the molecule is Cc1ccc2c(c1)Oc1cc(C(F)(F)F)ccc1N2[C@@H]1C=CCOC1. The van der Waals surface area contributed by atoms with Crippen molar-refractivity contribution in [3.05, 3.63) is 59.7 Å². The summed E-state index contributed by atoms with van der Waals surface area (Å²) in [6.45, 7) is 2.92. The predicted molar refractivity (Wildman–Crippen MR) is 88.6 cm³/mol. The number of benzene rings is 2. The molecule has 0 unspecified atom stereocenters. The molecule has 0 bridgehead atoms. The molecule has 0 fully saturated rings. The summed E-state index contributed by atoms with van der Waals surface area (Å²) in [5.41, 5.74) is 1.67. The predicted octanol–water partition coefficient (Wildman–Crippen LogP) is 5.21. The lowest BCUT2D eigenvalue weighted by molar-refractivity contribution is -0.137. The van der Waals surface area contributed by atoms with Crippen LogP contribution in [0.2, 0.25) is 0 Å². The van der Waals surface area contributed by atoms with Crippen LogP contribution in [0.4, 0.5) is 24.5 Å². The summed E-state index contributed by atoms with van der Waals surface area (Å²) in [4.78, 5) is 1.98. The molecule has 2 aliphatic heterocycles. The zero-order valence-corrected chi connectivity index (χ0v) is 13.5. The molecule has 2 aromatic rings. The average molecular weight is 347 g/mol.